The molecule has 1 saturated heterocycles. The zero-order chi connectivity index (χ0) is 16.0. The smallest absolute Gasteiger partial charge is 0.324 e. The Hall–Kier alpha value is -1.72. The fourth-order valence-electron chi connectivity index (χ4n) is 2.85. The Morgan fingerprint density at radius 1 is 1.50 bits per heavy atom. The van der Waals surface area contributed by atoms with E-state index in [4.69, 9.17) is 0 Å². The molecule has 0 aliphatic carbocycles. The first kappa shape index (κ1) is 16.6. The number of hydrogen-bond acceptors (Lipinski definition) is 4. The number of likely N-dealkylation sites (tertiary alicyclic amines) is 1. The Labute approximate surface area is 131 Å². The number of piperidine rings is 1. The van der Waals surface area contributed by atoms with Crippen LogP contribution in [0.2, 0.25) is 0 Å². The minimum absolute atomic E-state index is 0.518. The summed E-state index contributed by atoms with van der Waals surface area (Å²) in [6.45, 7) is 3.17. The average molecular weight is 304 g/mol. The minimum atomic E-state index is -0.902. The molecular formula is C17H24N2O3. The summed E-state index contributed by atoms with van der Waals surface area (Å²) >= 11 is 0. The summed E-state index contributed by atoms with van der Waals surface area (Å²) in [6, 6.07) is 3.08. The highest BCUT2D eigenvalue weighted by atomic mass is 16.4. The number of carboxylic acid groups (broad SMARTS) is 1. The molecule has 1 unspecified atom stereocenters. The van der Waals surface area contributed by atoms with Gasteiger partial charge in [0.1, 0.15) is 6.04 Å². The van der Waals surface area contributed by atoms with E-state index in [0.29, 0.717) is 25.9 Å². The van der Waals surface area contributed by atoms with Crippen molar-refractivity contribution in [2.45, 2.75) is 44.2 Å². The summed E-state index contributed by atoms with van der Waals surface area (Å²) in [5, 5.41) is 20.2. The van der Waals surface area contributed by atoms with Gasteiger partial charge in [0.25, 0.3) is 0 Å². The van der Waals surface area contributed by atoms with Crippen LogP contribution >= 0.6 is 0 Å². The molecule has 0 saturated carbocycles. The van der Waals surface area contributed by atoms with Crippen molar-refractivity contribution in [1.29, 1.82) is 0 Å². The Bertz CT molecular complexity index is 508. The SMILES string of the molecule is CCC/C=C/C(C(=O)O)N1CCC(O)(c2cccnc2)CC1. The van der Waals surface area contributed by atoms with E-state index in [2.05, 4.69) is 11.9 Å². The van der Waals surface area contributed by atoms with Crippen LogP contribution in [0.5, 0.6) is 0 Å². The second kappa shape index (κ2) is 7.51. The lowest BCUT2D eigenvalue weighted by Crippen LogP contribution is -2.49. The fraction of sp³-hybridized carbons (Fsp3) is 0.529. The first-order chi connectivity index (χ1) is 10.6. The van der Waals surface area contributed by atoms with Crippen molar-refractivity contribution in [2.24, 2.45) is 0 Å². The molecule has 1 fully saturated rings. The van der Waals surface area contributed by atoms with Gasteiger partial charge in [0.15, 0.2) is 0 Å². The highest BCUT2D eigenvalue weighted by Crippen LogP contribution is 2.33. The Kier molecular flexibility index (Phi) is 5.69. The summed E-state index contributed by atoms with van der Waals surface area (Å²) in [6.07, 6.45) is 9.99. The summed E-state index contributed by atoms with van der Waals surface area (Å²) in [7, 11) is 0. The van der Waals surface area contributed by atoms with Gasteiger partial charge < -0.3 is 10.2 Å². The van der Waals surface area contributed by atoms with Gasteiger partial charge in [-0.15, -0.1) is 0 Å². The van der Waals surface area contributed by atoms with Crippen molar-refractivity contribution in [1.82, 2.24) is 9.88 Å². The summed E-state index contributed by atoms with van der Waals surface area (Å²) in [5.41, 5.74) is -0.0935. The number of aliphatic carboxylic acids is 1. The quantitative estimate of drug-likeness (QED) is 0.788. The van der Waals surface area contributed by atoms with Crippen LogP contribution in [0, 0.1) is 0 Å². The second-order valence-corrected chi connectivity index (χ2v) is 5.81. The van der Waals surface area contributed by atoms with Gasteiger partial charge in [0, 0.05) is 31.0 Å². The number of pyridine rings is 1. The molecule has 0 spiro atoms. The van der Waals surface area contributed by atoms with Gasteiger partial charge in [-0.05, 0) is 25.3 Å². The minimum Gasteiger partial charge on any atom is -0.480 e. The number of aromatic nitrogens is 1. The van der Waals surface area contributed by atoms with Crippen LogP contribution in [0.3, 0.4) is 0 Å². The third-order valence-corrected chi connectivity index (χ3v) is 4.24. The first-order valence-corrected chi connectivity index (χ1v) is 7.83. The average Bonchev–Trinajstić information content (AvgIpc) is 2.53. The number of unbranched alkanes of at least 4 members (excludes halogenated alkanes) is 1. The maximum Gasteiger partial charge on any atom is 0.324 e. The lowest BCUT2D eigenvalue weighted by Gasteiger charge is -2.40. The molecule has 0 aromatic carbocycles. The van der Waals surface area contributed by atoms with Crippen LogP contribution in [0.1, 0.15) is 38.2 Å². The zero-order valence-electron chi connectivity index (χ0n) is 13.0. The van der Waals surface area contributed by atoms with E-state index in [1.165, 1.54) is 0 Å². The van der Waals surface area contributed by atoms with Crippen LogP contribution in [-0.4, -0.2) is 45.2 Å². The van der Waals surface area contributed by atoms with E-state index in [1.54, 1.807) is 18.5 Å². The van der Waals surface area contributed by atoms with E-state index in [-0.39, 0.29) is 0 Å². The van der Waals surface area contributed by atoms with Crippen LogP contribution in [-0.2, 0) is 10.4 Å². The van der Waals surface area contributed by atoms with Crippen molar-refractivity contribution in [3.8, 4) is 0 Å². The molecule has 5 nitrogen and oxygen atoms in total. The molecule has 0 radical (unpaired) electrons. The van der Waals surface area contributed by atoms with E-state index in [1.807, 2.05) is 23.1 Å². The number of nitrogens with zero attached hydrogens (tertiary/aromatic N) is 2. The van der Waals surface area contributed by atoms with Crippen LogP contribution in [0.25, 0.3) is 0 Å². The van der Waals surface area contributed by atoms with E-state index in [0.717, 1.165) is 18.4 Å². The van der Waals surface area contributed by atoms with E-state index >= 15 is 0 Å². The molecule has 0 bridgehead atoms. The van der Waals surface area contributed by atoms with Gasteiger partial charge in [-0.1, -0.05) is 31.6 Å². The van der Waals surface area contributed by atoms with Crippen molar-refractivity contribution in [3.05, 3.63) is 42.2 Å². The van der Waals surface area contributed by atoms with Crippen LogP contribution < -0.4 is 0 Å². The number of carbonyl (C=O) groups is 1. The number of hydrogen-bond donors (Lipinski definition) is 2. The molecular weight excluding hydrogens is 280 g/mol. The van der Waals surface area contributed by atoms with Crippen molar-refractivity contribution in [2.75, 3.05) is 13.1 Å². The number of carboxylic acids is 1. The van der Waals surface area contributed by atoms with Crippen LogP contribution in [0.4, 0.5) is 0 Å². The Morgan fingerprint density at radius 2 is 2.23 bits per heavy atom. The molecule has 120 valence electrons. The normalized spacial score (nSPS) is 20.1. The molecule has 22 heavy (non-hydrogen) atoms. The van der Waals surface area contributed by atoms with Gasteiger partial charge in [-0.3, -0.25) is 14.7 Å². The van der Waals surface area contributed by atoms with Gasteiger partial charge in [-0.2, -0.15) is 0 Å². The third kappa shape index (κ3) is 3.93. The van der Waals surface area contributed by atoms with Gasteiger partial charge in [-0.25, -0.2) is 0 Å². The molecule has 1 aliphatic heterocycles. The summed E-state index contributed by atoms with van der Waals surface area (Å²) in [5.74, 6) is -0.834. The summed E-state index contributed by atoms with van der Waals surface area (Å²) in [4.78, 5) is 17.4. The van der Waals surface area contributed by atoms with Crippen LogP contribution in [0.15, 0.2) is 36.7 Å². The van der Waals surface area contributed by atoms with E-state index in [9.17, 15) is 15.0 Å². The Morgan fingerprint density at radius 3 is 2.77 bits per heavy atom. The van der Waals surface area contributed by atoms with Gasteiger partial charge in [0.2, 0.25) is 0 Å². The molecule has 2 rings (SSSR count). The molecule has 2 heterocycles. The Balaban J connectivity index is 2.02. The standard InChI is InChI=1S/C17H24N2O3/c1-2-3-4-7-15(16(20)21)19-11-8-17(22,9-12-19)14-6-5-10-18-13-14/h4-7,10,13,15,22H,2-3,8-9,11-12H2,1H3,(H,20,21)/b7-4+. The lowest BCUT2D eigenvalue weighted by atomic mass is 9.85. The lowest BCUT2D eigenvalue weighted by molar-refractivity contribution is -0.143. The second-order valence-electron chi connectivity index (χ2n) is 5.81. The predicted octanol–water partition coefficient (Wildman–Crippen LogP) is 2.17. The topological polar surface area (TPSA) is 73.7 Å². The number of aliphatic hydroxyl groups is 1. The third-order valence-electron chi connectivity index (χ3n) is 4.24. The number of allylic oxidation sites excluding steroid dienone is 1. The highest BCUT2D eigenvalue weighted by molar-refractivity contribution is 5.75. The van der Waals surface area contributed by atoms with E-state index < -0.39 is 17.6 Å². The van der Waals surface area contributed by atoms with Crippen molar-refractivity contribution in [3.63, 3.8) is 0 Å². The summed E-state index contributed by atoms with van der Waals surface area (Å²) < 4.78 is 0. The first-order valence-electron chi connectivity index (χ1n) is 7.83. The molecule has 2 N–H and O–H groups in total. The number of rotatable bonds is 6. The molecule has 1 aromatic rings. The molecule has 1 aromatic heterocycles. The molecule has 0 amide bonds. The van der Waals surface area contributed by atoms with Crippen molar-refractivity contribution >= 4 is 5.97 Å². The molecule has 1 aliphatic rings. The molecule has 1 atom stereocenters. The van der Waals surface area contributed by atoms with Gasteiger partial charge in [0.05, 0.1) is 5.60 Å². The fourth-order valence-corrected chi connectivity index (χ4v) is 2.85. The largest absolute Gasteiger partial charge is 0.480 e. The molecule has 5 heteroatoms. The predicted molar refractivity (Wildman–Crippen MR) is 84.4 cm³/mol. The van der Waals surface area contributed by atoms with Crippen molar-refractivity contribution < 1.29 is 15.0 Å². The zero-order valence-corrected chi connectivity index (χ0v) is 13.0. The highest BCUT2D eigenvalue weighted by Gasteiger charge is 2.37. The maximum atomic E-state index is 11.5. The monoisotopic (exact) mass is 304 g/mol. The maximum absolute atomic E-state index is 11.5. The van der Waals surface area contributed by atoms with Gasteiger partial charge >= 0.3 is 5.97 Å².